The molecule has 2 N–H and O–H groups in total. The van der Waals surface area contributed by atoms with E-state index in [-0.39, 0.29) is 35.9 Å². The number of carbonyl (C=O) groups is 2. The van der Waals surface area contributed by atoms with E-state index < -0.39 is 6.04 Å². The lowest BCUT2D eigenvalue weighted by atomic mass is 9.88. The van der Waals surface area contributed by atoms with Gasteiger partial charge in [0, 0.05) is 18.2 Å². The first-order valence-corrected chi connectivity index (χ1v) is 11.1. The average Bonchev–Trinajstić information content (AvgIpc) is 3.22. The largest absolute Gasteiger partial charge is 0.408 e. The van der Waals surface area contributed by atoms with Crippen molar-refractivity contribution in [2.24, 2.45) is 5.92 Å². The van der Waals surface area contributed by atoms with Gasteiger partial charge in [-0.25, -0.2) is 0 Å². The van der Waals surface area contributed by atoms with Crippen LogP contribution in [0.3, 0.4) is 0 Å². The summed E-state index contributed by atoms with van der Waals surface area (Å²) >= 11 is 1.39. The fourth-order valence-electron chi connectivity index (χ4n) is 3.55. The van der Waals surface area contributed by atoms with Crippen LogP contribution in [0.25, 0.3) is 0 Å². The number of nitrogens with zero attached hydrogens (tertiary/aromatic N) is 2. The maximum Gasteiger partial charge on any atom is 0.287 e. The number of nitrogens with one attached hydrogen (secondary N) is 2. The Morgan fingerprint density at radius 3 is 2.63 bits per heavy atom. The minimum absolute atomic E-state index is 0. The van der Waals surface area contributed by atoms with Crippen LogP contribution >= 0.6 is 24.2 Å². The highest BCUT2D eigenvalue weighted by Crippen LogP contribution is 2.27. The van der Waals surface area contributed by atoms with Gasteiger partial charge in [0.1, 0.15) is 6.04 Å². The van der Waals surface area contributed by atoms with Gasteiger partial charge in [-0.05, 0) is 37.9 Å². The highest BCUT2D eigenvalue weighted by molar-refractivity contribution is 7.99. The summed E-state index contributed by atoms with van der Waals surface area (Å²) in [6, 6.07) is 6.73. The molecule has 1 aliphatic carbocycles. The quantitative estimate of drug-likeness (QED) is 0.340. The van der Waals surface area contributed by atoms with Crippen molar-refractivity contribution in [2.75, 3.05) is 19.3 Å². The molecule has 7 nitrogen and oxygen atoms in total. The normalized spacial score (nSPS) is 15.3. The topological polar surface area (TPSA) is 97.1 Å². The molecule has 0 saturated heterocycles. The van der Waals surface area contributed by atoms with E-state index in [0.717, 1.165) is 49.1 Å². The predicted octanol–water partition coefficient (Wildman–Crippen LogP) is 3.73. The van der Waals surface area contributed by atoms with Crippen LogP contribution in [0.2, 0.25) is 0 Å². The molecule has 3 rings (SSSR count). The number of carbonyl (C=O) groups excluding carboxylic acids is 2. The molecular weight excluding hydrogens is 424 g/mol. The van der Waals surface area contributed by atoms with Gasteiger partial charge in [-0.1, -0.05) is 55.3 Å². The van der Waals surface area contributed by atoms with Gasteiger partial charge in [-0.15, -0.1) is 22.6 Å². The fourth-order valence-corrected chi connectivity index (χ4v) is 4.27. The minimum atomic E-state index is -0.832. The van der Waals surface area contributed by atoms with Crippen molar-refractivity contribution in [1.29, 1.82) is 0 Å². The Kier molecular flexibility index (Phi) is 9.81. The highest BCUT2D eigenvalue weighted by atomic mass is 35.5. The summed E-state index contributed by atoms with van der Waals surface area (Å²) in [7, 11) is 1.87. The van der Waals surface area contributed by atoms with Gasteiger partial charge in [0.15, 0.2) is 0 Å². The molecule has 0 bridgehead atoms. The van der Waals surface area contributed by atoms with Crippen LogP contribution in [0.4, 0.5) is 0 Å². The van der Waals surface area contributed by atoms with Crippen LogP contribution in [0.15, 0.2) is 33.9 Å². The van der Waals surface area contributed by atoms with Crippen molar-refractivity contribution in [3.8, 4) is 0 Å². The SMILES string of the molecule is CNCCSc1nnc(C(=O)C(NC(=O)C2CCCCC2)c2ccccc2C)o1.Cl. The number of aromatic nitrogens is 2. The van der Waals surface area contributed by atoms with E-state index in [1.807, 2.05) is 38.2 Å². The zero-order valence-corrected chi connectivity index (χ0v) is 19.0. The van der Waals surface area contributed by atoms with Crippen molar-refractivity contribution in [2.45, 2.75) is 50.3 Å². The third-order valence-electron chi connectivity index (χ3n) is 5.22. The second kappa shape index (κ2) is 12.1. The van der Waals surface area contributed by atoms with E-state index >= 15 is 0 Å². The van der Waals surface area contributed by atoms with Gasteiger partial charge in [0.2, 0.25) is 11.7 Å². The molecule has 1 aromatic heterocycles. The fraction of sp³-hybridized carbons (Fsp3) is 0.524. The Balaban J connectivity index is 0.00000320. The number of aryl methyl sites for hydroxylation is 1. The summed E-state index contributed by atoms with van der Waals surface area (Å²) < 4.78 is 5.57. The van der Waals surface area contributed by atoms with E-state index in [4.69, 9.17) is 4.42 Å². The maximum absolute atomic E-state index is 13.2. The van der Waals surface area contributed by atoms with E-state index in [0.29, 0.717) is 5.22 Å². The molecule has 1 amide bonds. The number of Topliss-reactive ketones (excluding diaryl/α,β-unsaturated/α-hetero) is 1. The lowest BCUT2D eigenvalue weighted by Crippen LogP contribution is -2.39. The van der Waals surface area contributed by atoms with Crippen LogP contribution in [0.5, 0.6) is 0 Å². The van der Waals surface area contributed by atoms with Crippen molar-refractivity contribution in [3.63, 3.8) is 0 Å². The first-order valence-electron chi connectivity index (χ1n) is 10.1. The number of halogens is 1. The monoisotopic (exact) mass is 452 g/mol. The predicted molar refractivity (Wildman–Crippen MR) is 119 cm³/mol. The molecule has 1 unspecified atom stereocenters. The first kappa shape index (κ1) is 24.4. The number of benzene rings is 1. The summed E-state index contributed by atoms with van der Waals surface area (Å²) in [6.45, 7) is 2.72. The molecule has 9 heteroatoms. The Morgan fingerprint density at radius 2 is 1.93 bits per heavy atom. The van der Waals surface area contributed by atoms with Crippen molar-refractivity contribution >= 4 is 35.9 Å². The third-order valence-corrected chi connectivity index (χ3v) is 6.04. The third kappa shape index (κ3) is 6.30. The molecule has 1 heterocycles. The maximum atomic E-state index is 13.2. The lowest BCUT2D eigenvalue weighted by molar-refractivity contribution is -0.126. The minimum Gasteiger partial charge on any atom is -0.408 e. The van der Waals surface area contributed by atoms with Gasteiger partial charge in [-0.3, -0.25) is 9.59 Å². The van der Waals surface area contributed by atoms with Crippen LogP contribution in [0.1, 0.15) is 60.0 Å². The molecular formula is C21H29ClN4O3S. The van der Waals surface area contributed by atoms with Crippen molar-refractivity contribution < 1.29 is 14.0 Å². The van der Waals surface area contributed by atoms with Gasteiger partial charge >= 0.3 is 0 Å². The highest BCUT2D eigenvalue weighted by Gasteiger charge is 2.32. The Hall–Kier alpha value is -1.90. The summed E-state index contributed by atoms with van der Waals surface area (Å²) in [5.74, 6) is 0.185. The number of hydrogen-bond acceptors (Lipinski definition) is 7. The molecule has 0 spiro atoms. The van der Waals surface area contributed by atoms with E-state index in [9.17, 15) is 9.59 Å². The summed E-state index contributed by atoms with van der Waals surface area (Å²) in [6.07, 6.45) is 5.01. The molecule has 1 fully saturated rings. The smallest absolute Gasteiger partial charge is 0.287 e. The molecule has 0 aliphatic heterocycles. The molecule has 2 aromatic rings. The standard InChI is InChI=1S/C21H28N4O3S.ClH/c1-14-8-6-7-11-16(14)17(23-19(27)15-9-4-3-5-10-15)18(26)20-24-25-21(28-20)29-13-12-22-2;/h6-8,11,15,17,22H,3-5,9-10,12-13H2,1-2H3,(H,23,27);1H. The lowest BCUT2D eigenvalue weighted by Gasteiger charge is -2.24. The second-order valence-electron chi connectivity index (χ2n) is 7.32. The van der Waals surface area contributed by atoms with Crippen LogP contribution in [0, 0.1) is 12.8 Å². The van der Waals surface area contributed by atoms with Gasteiger partial charge < -0.3 is 15.1 Å². The Morgan fingerprint density at radius 1 is 1.20 bits per heavy atom. The number of amides is 1. The Labute approximate surface area is 187 Å². The number of thioether (sulfide) groups is 1. The van der Waals surface area contributed by atoms with Crippen molar-refractivity contribution in [3.05, 3.63) is 41.3 Å². The Bertz CT molecular complexity index is 839. The summed E-state index contributed by atoms with van der Waals surface area (Å²) in [4.78, 5) is 26.1. The summed E-state index contributed by atoms with van der Waals surface area (Å²) in [5.41, 5.74) is 1.68. The number of ketones is 1. The molecule has 164 valence electrons. The van der Waals surface area contributed by atoms with Gasteiger partial charge in [0.25, 0.3) is 11.1 Å². The zero-order valence-electron chi connectivity index (χ0n) is 17.3. The van der Waals surface area contributed by atoms with E-state index in [1.54, 1.807) is 0 Å². The first-order chi connectivity index (χ1) is 14.1. The second-order valence-corrected chi connectivity index (χ2v) is 8.37. The van der Waals surface area contributed by atoms with Crippen LogP contribution in [-0.2, 0) is 4.79 Å². The van der Waals surface area contributed by atoms with Gasteiger partial charge in [0.05, 0.1) is 0 Å². The van der Waals surface area contributed by atoms with E-state index in [2.05, 4.69) is 20.8 Å². The molecule has 0 radical (unpaired) electrons. The summed E-state index contributed by atoms with van der Waals surface area (Å²) in [5, 5.41) is 14.3. The molecule has 1 aromatic carbocycles. The number of rotatable bonds is 9. The molecule has 30 heavy (non-hydrogen) atoms. The molecule has 1 saturated carbocycles. The zero-order chi connectivity index (χ0) is 20.6. The van der Waals surface area contributed by atoms with Gasteiger partial charge in [-0.2, -0.15) is 0 Å². The molecule has 1 atom stereocenters. The van der Waals surface area contributed by atoms with E-state index in [1.165, 1.54) is 18.2 Å². The molecule has 1 aliphatic rings. The average molecular weight is 453 g/mol. The van der Waals surface area contributed by atoms with Crippen molar-refractivity contribution in [1.82, 2.24) is 20.8 Å². The van der Waals surface area contributed by atoms with Crippen LogP contribution < -0.4 is 10.6 Å². The van der Waals surface area contributed by atoms with Crippen LogP contribution in [-0.4, -0.2) is 41.2 Å². The number of hydrogen-bond donors (Lipinski definition) is 2.